The Kier molecular flexibility index (Phi) is 2.63. The highest BCUT2D eigenvalue weighted by Crippen LogP contribution is 1.88. The Morgan fingerprint density at radius 3 is 2.50 bits per heavy atom. The molecule has 0 aromatic rings. The van der Waals surface area contributed by atoms with Crippen LogP contribution in [0.4, 0.5) is 4.39 Å². The van der Waals surface area contributed by atoms with E-state index in [4.69, 9.17) is 5.41 Å². The predicted molar refractivity (Wildman–Crippen MR) is 24.0 cm³/mol. The first-order valence-corrected chi connectivity index (χ1v) is 1.90. The summed E-state index contributed by atoms with van der Waals surface area (Å²) < 4.78 is 11.6. The van der Waals surface area contributed by atoms with Gasteiger partial charge in [-0.25, -0.2) is 4.39 Å². The fraction of sp³-hybridized carbons (Fsp3) is 0.750. The molecule has 0 heterocycles. The molecule has 0 bridgehead atoms. The molecule has 0 saturated carbocycles. The van der Waals surface area contributed by atoms with Crippen LogP contribution in [-0.4, -0.2) is 12.4 Å². The summed E-state index contributed by atoms with van der Waals surface area (Å²) in [6, 6.07) is 0. The third-order valence-electron chi connectivity index (χ3n) is 0.443. The van der Waals surface area contributed by atoms with E-state index in [2.05, 4.69) is 0 Å². The van der Waals surface area contributed by atoms with Gasteiger partial charge in [0.2, 0.25) is 0 Å². The molecular weight excluding hydrogens is 81.0 g/mol. The Hall–Kier alpha value is -0.400. The monoisotopic (exact) mass is 89.1 g/mol. The lowest BCUT2D eigenvalue weighted by atomic mass is 10.3. The third kappa shape index (κ3) is 3.60. The second-order valence-corrected chi connectivity index (χ2v) is 1.22. The van der Waals surface area contributed by atoms with Crippen molar-refractivity contribution < 1.29 is 4.39 Å². The third-order valence-corrected chi connectivity index (χ3v) is 0.443. The van der Waals surface area contributed by atoms with Gasteiger partial charge in [0.05, 0.1) is 0 Å². The first-order valence-electron chi connectivity index (χ1n) is 1.90. The van der Waals surface area contributed by atoms with Crippen molar-refractivity contribution in [3.05, 3.63) is 0 Å². The Balaban J connectivity index is 2.81. The second-order valence-electron chi connectivity index (χ2n) is 1.22. The van der Waals surface area contributed by atoms with E-state index in [0.29, 0.717) is 0 Å². The molecule has 0 saturated heterocycles. The number of rotatable bonds is 2. The molecule has 0 aromatic heterocycles. The molecular formula is C4H8FN. The number of halogens is 1. The molecule has 1 nitrogen and oxygen atoms in total. The average molecular weight is 89.1 g/mol. The Bertz CT molecular complexity index is 42.8. The van der Waals surface area contributed by atoms with E-state index in [0.717, 1.165) is 6.21 Å². The zero-order valence-corrected chi connectivity index (χ0v) is 3.74. The van der Waals surface area contributed by atoms with E-state index < -0.39 is 6.17 Å². The summed E-state index contributed by atoms with van der Waals surface area (Å²) in [6.45, 7) is 1.44. The van der Waals surface area contributed by atoms with Crippen molar-refractivity contribution in [1.82, 2.24) is 0 Å². The minimum absolute atomic E-state index is 0.250. The SMILES string of the molecule is CC(F)CC=N. The van der Waals surface area contributed by atoms with Crippen molar-refractivity contribution in [3.8, 4) is 0 Å². The van der Waals surface area contributed by atoms with Crippen molar-refractivity contribution in [3.63, 3.8) is 0 Å². The number of nitrogens with one attached hydrogen (secondary N) is 1. The van der Waals surface area contributed by atoms with Gasteiger partial charge in [0.25, 0.3) is 0 Å². The summed E-state index contributed by atoms with van der Waals surface area (Å²) in [5, 5.41) is 6.37. The Morgan fingerprint density at radius 2 is 2.50 bits per heavy atom. The molecule has 0 aromatic carbocycles. The molecule has 36 valence electrons. The van der Waals surface area contributed by atoms with Crippen LogP contribution in [0.15, 0.2) is 0 Å². The summed E-state index contributed by atoms with van der Waals surface area (Å²) >= 11 is 0. The summed E-state index contributed by atoms with van der Waals surface area (Å²) in [5.41, 5.74) is 0. The van der Waals surface area contributed by atoms with E-state index in [1.165, 1.54) is 6.92 Å². The van der Waals surface area contributed by atoms with Crippen LogP contribution in [0.5, 0.6) is 0 Å². The van der Waals surface area contributed by atoms with Gasteiger partial charge in [-0.1, -0.05) is 0 Å². The Labute approximate surface area is 36.7 Å². The lowest BCUT2D eigenvalue weighted by molar-refractivity contribution is 0.374. The summed E-state index contributed by atoms with van der Waals surface area (Å²) in [7, 11) is 0. The molecule has 0 aliphatic heterocycles. The summed E-state index contributed by atoms with van der Waals surface area (Å²) in [5.74, 6) is 0. The van der Waals surface area contributed by atoms with Crippen LogP contribution in [0.3, 0.4) is 0 Å². The van der Waals surface area contributed by atoms with Crippen LogP contribution in [0, 0.1) is 5.41 Å². The highest BCUT2D eigenvalue weighted by molar-refractivity contribution is 5.53. The summed E-state index contributed by atoms with van der Waals surface area (Å²) in [4.78, 5) is 0. The maximum Gasteiger partial charge on any atom is 0.102 e. The average Bonchev–Trinajstić information content (AvgIpc) is 1.35. The minimum Gasteiger partial charge on any atom is -0.313 e. The maximum absolute atomic E-state index is 11.6. The molecule has 0 amide bonds. The van der Waals surface area contributed by atoms with Crippen LogP contribution >= 0.6 is 0 Å². The normalized spacial score (nSPS) is 13.7. The molecule has 6 heavy (non-hydrogen) atoms. The first-order chi connectivity index (χ1) is 2.77. The van der Waals surface area contributed by atoms with Crippen molar-refractivity contribution in [1.29, 1.82) is 5.41 Å². The van der Waals surface area contributed by atoms with Crippen LogP contribution in [0.25, 0.3) is 0 Å². The second kappa shape index (κ2) is 2.82. The fourth-order valence-electron chi connectivity index (χ4n) is 0.162. The fourth-order valence-corrected chi connectivity index (χ4v) is 0.162. The number of hydrogen-bond acceptors (Lipinski definition) is 1. The number of hydrogen-bond donors (Lipinski definition) is 1. The van der Waals surface area contributed by atoms with E-state index >= 15 is 0 Å². The zero-order valence-electron chi connectivity index (χ0n) is 3.74. The molecule has 0 fully saturated rings. The van der Waals surface area contributed by atoms with Crippen LogP contribution in [0.1, 0.15) is 13.3 Å². The van der Waals surface area contributed by atoms with Gasteiger partial charge < -0.3 is 5.41 Å². The van der Waals surface area contributed by atoms with Gasteiger partial charge in [-0.15, -0.1) is 0 Å². The molecule has 1 unspecified atom stereocenters. The minimum atomic E-state index is -0.845. The van der Waals surface area contributed by atoms with Gasteiger partial charge in [0, 0.05) is 6.42 Å². The van der Waals surface area contributed by atoms with E-state index in [9.17, 15) is 4.39 Å². The largest absolute Gasteiger partial charge is 0.313 e. The van der Waals surface area contributed by atoms with Gasteiger partial charge in [0.15, 0.2) is 0 Å². The molecule has 0 radical (unpaired) electrons. The number of alkyl halides is 1. The molecule has 1 atom stereocenters. The molecule has 0 aliphatic carbocycles. The molecule has 2 heteroatoms. The Morgan fingerprint density at radius 1 is 2.00 bits per heavy atom. The highest BCUT2D eigenvalue weighted by atomic mass is 19.1. The van der Waals surface area contributed by atoms with Crippen molar-refractivity contribution in [2.24, 2.45) is 0 Å². The van der Waals surface area contributed by atoms with E-state index in [1.54, 1.807) is 0 Å². The first kappa shape index (κ1) is 5.60. The molecule has 0 spiro atoms. The van der Waals surface area contributed by atoms with Crippen molar-refractivity contribution in [2.75, 3.05) is 0 Å². The van der Waals surface area contributed by atoms with Gasteiger partial charge in [-0.05, 0) is 13.1 Å². The zero-order chi connectivity index (χ0) is 4.99. The van der Waals surface area contributed by atoms with Gasteiger partial charge in [-0.3, -0.25) is 0 Å². The van der Waals surface area contributed by atoms with Crippen molar-refractivity contribution in [2.45, 2.75) is 19.5 Å². The lowest BCUT2D eigenvalue weighted by Crippen LogP contribution is -1.89. The molecule has 0 rings (SSSR count). The molecule has 1 N–H and O–H groups in total. The topological polar surface area (TPSA) is 23.9 Å². The van der Waals surface area contributed by atoms with E-state index in [1.807, 2.05) is 0 Å². The van der Waals surface area contributed by atoms with E-state index in [-0.39, 0.29) is 6.42 Å². The smallest absolute Gasteiger partial charge is 0.102 e. The van der Waals surface area contributed by atoms with Gasteiger partial charge in [-0.2, -0.15) is 0 Å². The maximum atomic E-state index is 11.6. The van der Waals surface area contributed by atoms with Crippen LogP contribution in [0.2, 0.25) is 0 Å². The predicted octanol–water partition coefficient (Wildman–Crippen LogP) is 1.38. The van der Waals surface area contributed by atoms with Crippen LogP contribution < -0.4 is 0 Å². The van der Waals surface area contributed by atoms with Gasteiger partial charge >= 0.3 is 0 Å². The quantitative estimate of drug-likeness (QED) is 0.494. The van der Waals surface area contributed by atoms with Crippen LogP contribution in [-0.2, 0) is 0 Å². The molecule has 0 aliphatic rings. The summed E-state index contributed by atoms with van der Waals surface area (Å²) in [6.07, 6.45) is 0.479. The van der Waals surface area contributed by atoms with Crippen molar-refractivity contribution >= 4 is 6.21 Å². The lowest BCUT2D eigenvalue weighted by Gasteiger charge is -1.87. The highest BCUT2D eigenvalue weighted by Gasteiger charge is 1.89. The van der Waals surface area contributed by atoms with Gasteiger partial charge in [0.1, 0.15) is 6.17 Å². The standard InChI is InChI=1S/C4H8FN/c1-4(5)2-3-6/h3-4,6H,2H2,1H3.